The molecule has 2 aromatic rings. The molecular weight excluding hydrogens is 239 g/mol. The Morgan fingerprint density at radius 2 is 2.00 bits per heavy atom. The van der Waals surface area contributed by atoms with Crippen LogP contribution in [0.4, 0.5) is 0 Å². The standard InChI is InChI=1S/C14H13BN2O2/c18-15-14-7-6-13(8-12(14)9-16-17-15)19-10-11-4-2-1-3-5-11/h1-9,17-18H,10H2. The number of rotatable bonds is 3. The Labute approximate surface area is 111 Å². The van der Waals surface area contributed by atoms with Crippen LogP contribution in [0.1, 0.15) is 11.1 Å². The minimum absolute atomic E-state index is 0.525. The first-order chi connectivity index (χ1) is 9.33. The number of nitrogens with zero attached hydrogens (tertiary/aromatic N) is 1. The van der Waals surface area contributed by atoms with E-state index in [2.05, 4.69) is 10.4 Å². The molecule has 0 saturated heterocycles. The number of hydrogen-bond acceptors (Lipinski definition) is 4. The number of fused-ring (bicyclic) bond motifs is 1. The van der Waals surface area contributed by atoms with Crippen molar-refractivity contribution >= 4 is 18.7 Å². The van der Waals surface area contributed by atoms with E-state index in [0.717, 1.165) is 22.3 Å². The Bertz CT molecular complexity index is 602. The summed E-state index contributed by atoms with van der Waals surface area (Å²) in [5.41, 5.74) is 2.80. The molecule has 19 heavy (non-hydrogen) atoms. The van der Waals surface area contributed by atoms with Gasteiger partial charge >= 0.3 is 7.05 Å². The van der Waals surface area contributed by atoms with Gasteiger partial charge in [0, 0.05) is 0 Å². The van der Waals surface area contributed by atoms with Gasteiger partial charge in [0.25, 0.3) is 0 Å². The molecule has 0 atom stereocenters. The summed E-state index contributed by atoms with van der Waals surface area (Å²) < 4.78 is 5.73. The van der Waals surface area contributed by atoms with Crippen molar-refractivity contribution in [3.05, 3.63) is 59.7 Å². The second kappa shape index (κ2) is 5.16. The lowest BCUT2D eigenvalue weighted by atomic mass is 9.72. The maximum absolute atomic E-state index is 9.69. The van der Waals surface area contributed by atoms with Gasteiger partial charge < -0.3 is 15.1 Å². The van der Waals surface area contributed by atoms with Crippen LogP contribution in [0.2, 0.25) is 0 Å². The monoisotopic (exact) mass is 252 g/mol. The molecule has 0 bridgehead atoms. The molecule has 0 unspecified atom stereocenters. The molecule has 3 rings (SSSR count). The topological polar surface area (TPSA) is 53.8 Å². The molecule has 1 aliphatic rings. The summed E-state index contributed by atoms with van der Waals surface area (Å²) in [7, 11) is -0.747. The summed E-state index contributed by atoms with van der Waals surface area (Å²) in [6.07, 6.45) is 1.68. The highest BCUT2D eigenvalue weighted by Gasteiger charge is 2.21. The van der Waals surface area contributed by atoms with Crippen molar-refractivity contribution in [3.63, 3.8) is 0 Å². The van der Waals surface area contributed by atoms with E-state index in [9.17, 15) is 5.02 Å². The third-order valence-electron chi connectivity index (χ3n) is 3.00. The number of nitrogens with one attached hydrogen (secondary N) is 1. The summed E-state index contributed by atoms with van der Waals surface area (Å²) in [4.78, 5) is 0. The van der Waals surface area contributed by atoms with Gasteiger partial charge in [0.05, 0.1) is 6.21 Å². The smallest absolute Gasteiger partial charge is 0.464 e. The molecule has 0 amide bonds. The van der Waals surface area contributed by atoms with Gasteiger partial charge in [-0.25, -0.2) is 0 Å². The summed E-state index contributed by atoms with van der Waals surface area (Å²) in [5, 5.41) is 16.2. The molecule has 5 heteroatoms. The largest absolute Gasteiger partial charge is 0.489 e. The van der Waals surface area contributed by atoms with E-state index in [4.69, 9.17) is 4.74 Å². The average Bonchev–Trinajstić information content (AvgIpc) is 2.46. The van der Waals surface area contributed by atoms with E-state index in [1.165, 1.54) is 0 Å². The first-order valence-electron chi connectivity index (χ1n) is 6.10. The van der Waals surface area contributed by atoms with Gasteiger partial charge in [-0.1, -0.05) is 36.4 Å². The van der Waals surface area contributed by atoms with Gasteiger partial charge in [-0.05, 0) is 28.7 Å². The molecule has 0 spiro atoms. The Morgan fingerprint density at radius 3 is 2.84 bits per heavy atom. The Morgan fingerprint density at radius 1 is 1.16 bits per heavy atom. The first-order valence-corrected chi connectivity index (χ1v) is 6.10. The highest BCUT2D eigenvalue weighted by molar-refractivity contribution is 6.65. The lowest BCUT2D eigenvalue weighted by Crippen LogP contribution is -2.46. The SMILES string of the molecule is OB1NN=Cc2cc(OCc3ccccc3)ccc21. The van der Waals surface area contributed by atoms with E-state index >= 15 is 0 Å². The van der Waals surface area contributed by atoms with Crippen molar-refractivity contribution in [1.29, 1.82) is 0 Å². The van der Waals surface area contributed by atoms with Crippen molar-refractivity contribution in [3.8, 4) is 5.75 Å². The molecule has 0 fully saturated rings. The second-order valence-electron chi connectivity index (χ2n) is 4.35. The molecule has 2 aromatic carbocycles. The fraction of sp³-hybridized carbons (Fsp3) is 0.0714. The van der Waals surface area contributed by atoms with E-state index < -0.39 is 7.05 Å². The summed E-state index contributed by atoms with van der Waals surface area (Å²) in [6.45, 7) is 0.525. The van der Waals surface area contributed by atoms with Crippen LogP contribution in [-0.4, -0.2) is 18.3 Å². The quantitative estimate of drug-likeness (QED) is 0.797. The molecule has 0 aromatic heterocycles. The van der Waals surface area contributed by atoms with Crippen molar-refractivity contribution in [2.24, 2.45) is 5.10 Å². The molecule has 2 N–H and O–H groups in total. The van der Waals surface area contributed by atoms with Crippen LogP contribution in [0.15, 0.2) is 53.6 Å². The molecule has 0 saturated carbocycles. The lowest BCUT2D eigenvalue weighted by molar-refractivity contribution is 0.306. The van der Waals surface area contributed by atoms with E-state index in [-0.39, 0.29) is 0 Å². The number of hydrogen-bond donors (Lipinski definition) is 2. The number of hydrazone groups is 1. The highest BCUT2D eigenvalue weighted by atomic mass is 16.5. The van der Waals surface area contributed by atoms with Gasteiger partial charge in [0.1, 0.15) is 12.4 Å². The average molecular weight is 252 g/mol. The van der Waals surface area contributed by atoms with Gasteiger partial charge in [0.2, 0.25) is 0 Å². The Kier molecular flexibility index (Phi) is 3.20. The van der Waals surface area contributed by atoms with Crippen LogP contribution in [0.5, 0.6) is 5.75 Å². The maximum Gasteiger partial charge on any atom is 0.464 e. The van der Waals surface area contributed by atoms with Crippen LogP contribution in [-0.2, 0) is 6.61 Å². The summed E-state index contributed by atoms with van der Waals surface area (Å²) in [5.74, 6) is 0.767. The van der Waals surface area contributed by atoms with Crippen LogP contribution in [0.3, 0.4) is 0 Å². The molecule has 0 aliphatic carbocycles. The first kappa shape index (κ1) is 11.8. The van der Waals surface area contributed by atoms with Gasteiger partial charge in [0.15, 0.2) is 0 Å². The molecular formula is C14H13BN2O2. The van der Waals surface area contributed by atoms with Crippen molar-refractivity contribution in [1.82, 2.24) is 5.34 Å². The predicted molar refractivity (Wildman–Crippen MR) is 75.6 cm³/mol. The van der Waals surface area contributed by atoms with Crippen LogP contribution >= 0.6 is 0 Å². The Balaban J connectivity index is 1.75. The molecule has 94 valence electrons. The summed E-state index contributed by atoms with van der Waals surface area (Å²) >= 11 is 0. The van der Waals surface area contributed by atoms with Crippen LogP contribution in [0, 0.1) is 0 Å². The van der Waals surface area contributed by atoms with Gasteiger partial charge in [-0.2, -0.15) is 5.10 Å². The minimum atomic E-state index is -0.747. The zero-order valence-electron chi connectivity index (χ0n) is 10.3. The zero-order valence-corrected chi connectivity index (χ0v) is 10.3. The van der Waals surface area contributed by atoms with E-state index in [1.54, 1.807) is 6.21 Å². The van der Waals surface area contributed by atoms with Crippen molar-refractivity contribution < 1.29 is 9.76 Å². The number of benzene rings is 2. The third kappa shape index (κ3) is 2.61. The van der Waals surface area contributed by atoms with Crippen LogP contribution in [0.25, 0.3) is 0 Å². The van der Waals surface area contributed by atoms with E-state index in [1.807, 2.05) is 48.5 Å². The zero-order chi connectivity index (χ0) is 13.1. The second-order valence-corrected chi connectivity index (χ2v) is 4.35. The van der Waals surface area contributed by atoms with Crippen molar-refractivity contribution in [2.75, 3.05) is 0 Å². The van der Waals surface area contributed by atoms with Crippen molar-refractivity contribution in [2.45, 2.75) is 6.61 Å². The fourth-order valence-electron chi connectivity index (χ4n) is 1.99. The van der Waals surface area contributed by atoms with Crippen LogP contribution < -0.4 is 15.5 Å². The maximum atomic E-state index is 9.69. The molecule has 4 nitrogen and oxygen atoms in total. The van der Waals surface area contributed by atoms with Gasteiger partial charge in [-0.15, -0.1) is 0 Å². The van der Waals surface area contributed by atoms with Gasteiger partial charge in [-0.3, -0.25) is 0 Å². The van der Waals surface area contributed by atoms with E-state index in [0.29, 0.717) is 6.61 Å². The lowest BCUT2D eigenvalue weighted by Gasteiger charge is -2.15. The molecule has 1 aliphatic heterocycles. The molecule has 0 radical (unpaired) electrons. The Hall–Kier alpha value is -2.27. The minimum Gasteiger partial charge on any atom is -0.489 e. The normalized spacial score (nSPS) is 12.8. The highest BCUT2D eigenvalue weighted by Crippen LogP contribution is 2.14. The summed E-state index contributed by atoms with van der Waals surface area (Å²) in [6, 6.07) is 15.6. The molecule has 1 heterocycles. The third-order valence-corrected chi connectivity index (χ3v) is 3.00. The number of ether oxygens (including phenoxy) is 1. The predicted octanol–water partition coefficient (Wildman–Crippen LogP) is 0.890. The fourth-order valence-corrected chi connectivity index (χ4v) is 1.99.